The SMILES string of the molecule is CC(=O)c1cccc(NC(=O)[C@@H]2C[C@@H](F)CN2C(=O)Cn2cc(C(C)=O)c3cc(-c4cnc(C)nc4)ccc32)n1. The van der Waals surface area contributed by atoms with Crippen molar-refractivity contribution in [2.45, 2.75) is 46.0 Å². The van der Waals surface area contributed by atoms with Crippen molar-refractivity contribution in [3.63, 3.8) is 0 Å². The van der Waals surface area contributed by atoms with Crippen molar-refractivity contribution in [1.29, 1.82) is 0 Å². The molecule has 2 amide bonds. The van der Waals surface area contributed by atoms with Gasteiger partial charge in [-0.1, -0.05) is 12.1 Å². The Labute approximate surface area is 229 Å². The lowest BCUT2D eigenvalue weighted by Gasteiger charge is -2.24. The number of alkyl halides is 1. The summed E-state index contributed by atoms with van der Waals surface area (Å²) in [6.45, 7) is 4.19. The molecule has 10 nitrogen and oxygen atoms in total. The molecule has 0 radical (unpaired) electrons. The molecular weight excluding hydrogens is 515 g/mol. The number of carbonyl (C=O) groups is 4. The lowest BCUT2D eigenvalue weighted by Crippen LogP contribution is -2.44. The molecule has 1 aromatic carbocycles. The van der Waals surface area contributed by atoms with Gasteiger partial charge >= 0.3 is 0 Å². The molecule has 0 saturated carbocycles. The Morgan fingerprint density at radius 1 is 1.02 bits per heavy atom. The number of nitrogens with one attached hydrogen (secondary N) is 1. The summed E-state index contributed by atoms with van der Waals surface area (Å²) >= 11 is 0. The van der Waals surface area contributed by atoms with E-state index in [0.717, 1.165) is 11.1 Å². The van der Waals surface area contributed by atoms with Crippen LogP contribution in [0.2, 0.25) is 0 Å². The van der Waals surface area contributed by atoms with Gasteiger partial charge in [0.25, 0.3) is 0 Å². The number of hydrogen-bond donors (Lipinski definition) is 1. The Balaban J connectivity index is 1.39. The molecule has 1 N–H and O–H groups in total. The van der Waals surface area contributed by atoms with E-state index in [2.05, 4.69) is 20.3 Å². The largest absolute Gasteiger partial charge is 0.337 e. The van der Waals surface area contributed by atoms with Crippen LogP contribution in [-0.4, -0.2) is 66.6 Å². The van der Waals surface area contributed by atoms with E-state index in [0.29, 0.717) is 22.3 Å². The maximum Gasteiger partial charge on any atom is 0.248 e. The van der Waals surface area contributed by atoms with E-state index in [1.807, 2.05) is 18.2 Å². The average Bonchev–Trinajstić information content (AvgIpc) is 3.50. The first-order chi connectivity index (χ1) is 19.1. The van der Waals surface area contributed by atoms with Crippen molar-refractivity contribution in [1.82, 2.24) is 24.4 Å². The van der Waals surface area contributed by atoms with Gasteiger partial charge in [0.1, 0.15) is 36.1 Å². The molecular formula is C29H27FN6O4. The number of aromatic nitrogens is 4. The lowest BCUT2D eigenvalue weighted by molar-refractivity contribution is -0.137. The van der Waals surface area contributed by atoms with E-state index in [1.54, 1.807) is 36.1 Å². The maximum atomic E-state index is 14.5. The number of nitrogens with zero attached hydrogens (tertiary/aromatic N) is 5. The minimum absolute atomic E-state index is 0.143. The number of amides is 2. The summed E-state index contributed by atoms with van der Waals surface area (Å²) in [5.74, 6) is -0.701. The summed E-state index contributed by atoms with van der Waals surface area (Å²) in [6.07, 6.45) is 3.49. The quantitative estimate of drug-likeness (QED) is 0.352. The molecule has 5 rings (SSSR count). The summed E-state index contributed by atoms with van der Waals surface area (Å²) in [4.78, 5) is 64.3. The zero-order valence-electron chi connectivity index (χ0n) is 22.2. The van der Waals surface area contributed by atoms with Crippen molar-refractivity contribution in [2.24, 2.45) is 0 Å². The summed E-state index contributed by atoms with van der Waals surface area (Å²) in [6, 6.07) is 9.09. The van der Waals surface area contributed by atoms with Gasteiger partial charge in [-0.25, -0.2) is 19.3 Å². The number of hydrogen-bond acceptors (Lipinski definition) is 7. The van der Waals surface area contributed by atoms with Gasteiger partial charge in [-0.15, -0.1) is 0 Å². The Morgan fingerprint density at radius 3 is 2.48 bits per heavy atom. The summed E-state index contributed by atoms with van der Waals surface area (Å²) in [5.41, 5.74) is 2.87. The third-order valence-corrected chi connectivity index (χ3v) is 6.91. The number of likely N-dealkylation sites (tertiary alicyclic amines) is 1. The molecule has 40 heavy (non-hydrogen) atoms. The maximum absolute atomic E-state index is 14.5. The Morgan fingerprint density at radius 2 is 1.77 bits per heavy atom. The smallest absolute Gasteiger partial charge is 0.248 e. The van der Waals surface area contributed by atoms with Crippen LogP contribution in [0.1, 0.15) is 46.9 Å². The standard InChI is InChI=1S/C29H27FN6O4/c1-16(37)23-14-35(25-8-7-19(9-22(23)25)20-11-31-18(3)32-12-20)15-28(39)36-13-21(30)10-26(36)29(40)34-27-6-4-5-24(33-27)17(2)38/h4-9,11-12,14,21,26H,10,13,15H2,1-3H3,(H,33,34,40)/t21-,26+/m1/s1. The Hall–Kier alpha value is -4.80. The molecule has 1 fully saturated rings. The Bertz CT molecular complexity index is 1650. The number of carbonyl (C=O) groups excluding carboxylic acids is 4. The van der Waals surface area contributed by atoms with Gasteiger partial charge in [-0.3, -0.25) is 19.2 Å². The fourth-order valence-electron chi connectivity index (χ4n) is 4.89. The third-order valence-electron chi connectivity index (χ3n) is 6.91. The van der Waals surface area contributed by atoms with Gasteiger partial charge in [-0.05, 0) is 43.7 Å². The number of aryl methyl sites for hydroxylation is 1. The first-order valence-corrected chi connectivity index (χ1v) is 12.8. The van der Waals surface area contributed by atoms with Crippen LogP contribution in [0.25, 0.3) is 22.0 Å². The number of anilines is 1. The monoisotopic (exact) mass is 542 g/mol. The van der Waals surface area contributed by atoms with E-state index in [1.165, 1.54) is 30.9 Å². The van der Waals surface area contributed by atoms with E-state index in [9.17, 15) is 23.6 Å². The number of rotatable bonds is 7. The molecule has 0 bridgehead atoms. The number of ketones is 2. The molecule has 3 aromatic heterocycles. The first kappa shape index (κ1) is 26.8. The van der Waals surface area contributed by atoms with Crippen molar-refractivity contribution in [2.75, 3.05) is 11.9 Å². The number of benzene rings is 1. The minimum Gasteiger partial charge on any atom is -0.337 e. The van der Waals surface area contributed by atoms with Crippen LogP contribution in [-0.2, 0) is 16.1 Å². The molecule has 204 valence electrons. The topological polar surface area (TPSA) is 127 Å². The van der Waals surface area contributed by atoms with Gasteiger partial charge < -0.3 is 14.8 Å². The fraction of sp³-hybridized carbons (Fsp3) is 0.276. The second-order valence-corrected chi connectivity index (χ2v) is 9.83. The van der Waals surface area contributed by atoms with Crippen LogP contribution in [0.3, 0.4) is 0 Å². The van der Waals surface area contributed by atoms with Crippen LogP contribution >= 0.6 is 0 Å². The van der Waals surface area contributed by atoms with Crippen molar-refractivity contribution < 1.29 is 23.6 Å². The Kier molecular flexibility index (Phi) is 7.20. The van der Waals surface area contributed by atoms with Gasteiger partial charge in [-0.2, -0.15) is 0 Å². The van der Waals surface area contributed by atoms with Crippen LogP contribution in [0.5, 0.6) is 0 Å². The second-order valence-electron chi connectivity index (χ2n) is 9.83. The minimum atomic E-state index is -1.37. The molecule has 1 aliphatic heterocycles. The van der Waals surface area contributed by atoms with Crippen LogP contribution in [0, 0.1) is 6.92 Å². The zero-order valence-corrected chi connectivity index (χ0v) is 22.2. The van der Waals surface area contributed by atoms with E-state index in [-0.39, 0.29) is 42.6 Å². The van der Waals surface area contributed by atoms with Crippen molar-refractivity contribution in [3.8, 4) is 11.1 Å². The molecule has 0 aliphatic carbocycles. The first-order valence-electron chi connectivity index (χ1n) is 12.8. The highest BCUT2D eigenvalue weighted by Crippen LogP contribution is 2.29. The molecule has 1 aliphatic rings. The zero-order chi connectivity index (χ0) is 28.6. The second kappa shape index (κ2) is 10.8. The lowest BCUT2D eigenvalue weighted by atomic mass is 10.0. The summed E-state index contributed by atoms with van der Waals surface area (Å²) in [7, 11) is 0. The molecule has 2 atom stereocenters. The van der Waals surface area contributed by atoms with E-state index in [4.69, 9.17) is 0 Å². The molecule has 0 spiro atoms. The highest BCUT2D eigenvalue weighted by atomic mass is 19.1. The van der Waals surface area contributed by atoms with E-state index >= 15 is 0 Å². The van der Waals surface area contributed by atoms with Gasteiger partial charge in [0, 0.05) is 54.0 Å². The van der Waals surface area contributed by atoms with Gasteiger partial charge in [0.05, 0.1) is 6.54 Å². The van der Waals surface area contributed by atoms with Crippen LogP contribution < -0.4 is 5.32 Å². The predicted molar refractivity (Wildman–Crippen MR) is 146 cm³/mol. The highest BCUT2D eigenvalue weighted by Gasteiger charge is 2.40. The van der Waals surface area contributed by atoms with Crippen LogP contribution in [0.4, 0.5) is 10.2 Å². The number of Topliss-reactive ketones (excluding diaryl/α,β-unsaturated/α-hetero) is 2. The average molecular weight is 543 g/mol. The van der Waals surface area contributed by atoms with Crippen LogP contribution in [0.15, 0.2) is 55.0 Å². The predicted octanol–water partition coefficient (Wildman–Crippen LogP) is 3.78. The molecule has 1 saturated heterocycles. The van der Waals surface area contributed by atoms with Crippen molar-refractivity contribution in [3.05, 3.63) is 72.1 Å². The van der Waals surface area contributed by atoms with E-state index < -0.39 is 24.0 Å². The third kappa shape index (κ3) is 5.35. The summed E-state index contributed by atoms with van der Waals surface area (Å²) < 4.78 is 16.1. The van der Waals surface area contributed by atoms with Gasteiger partial charge in [0.15, 0.2) is 11.6 Å². The number of pyridine rings is 1. The van der Waals surface area contributed by atoms with Gasteiger partial charge in [0.2, 0.25) is 11.8 Å². The molecule has 11 heteroatoms. The fourth-order valence-corrected chi connectivity index (χ4v) is 4.89. The number of halogens is 1. The summed E-state index contributed by atoms with van der Waals surface area (Å²) in [5, 5.41) is 3.26. The molecule has 4 aromatic rings. The highest BCUT2D eigenvalue weighted by molar-refractivity contribution is 6.08. The molecule has 0 unspecified atom stereocenters. The number of fused-ring (bicyclic) bond motifs is 1. The normalized spacial score (nSPS) is 16.8. The van der Waals surface area contributed by atoms with Crippen molar-refractivity contribution >= 4 is 40.1 Å². The molecule has 4 heterocycles.